The predicted octanol–water partition coefficient (Wildman–Crippen LogP) is 4.00. The maximum Gasteiger partial charge on any atom is 0.271 e. The van der Waals surface area contributed by atoms with Gasteiger partial charge in [-0.1, -0.05) is 18.2 Å². The van der Waals surface area contributed by atoms with E-state index in [1.807, 2.05) is 30.3 Å². The molecule has 4 bridgehead atoms. The molecule has 47 heavy (non-hydrogen) atoms. The van der Waals surface area contributed by atoms with Crippen molar-refractivity contribution in [1.29, 1.82) is 0 Å². The Bertz CT molecular complexity index is 1800. The molecule has 2 aliphatic heterocycles. The minimum absolute atomic E-state index is 0.0413. The van der Waals surface area contributed by atoms with E-state index in [0.717, 1.165) is 22.3 Å². The van der Waals surface area contributed by atoms with Crippen LogP contribution in [0.1, 0.15) is 46.9 Å². The van der Waals surface area contributed by atoms with Gasteiger partial charge in [0.15, 0.2) is 11.5 Å². The van der Waals surface area contributed by atoms with E-state index in [2.05, 4.69) is 20.8 Å². The summed E-state index contributed by atoms with van der Waals surface area (Å²) in [5.41, 5.74) is 4.49. The van der Waals surface area contributed by atoms with Crippen LogP contribution in [0.25, 0.3) is 22.4 Å². The molecule has 12 nitrogen and oxygen atoms in total. The fourth-order valence-corrected chi connectivity index (χ4v) is 6.02. The van der Waals surface area contributed by atoms with Crippen molar-refractivity contribution in [3.8, 4) is 45.4 Å². The van der Waals surface area contributed by atoms with E-state index in [1.165, 1.54) is 4.90 Å². The van der Waals surface area contributed by atoms with Gasteiger partial charge >= 0.3 is 0 Å². The number of hydrogen-bond donors (Lipinski definition) is 4. The number of nitrogens with zero attached hydrogens (tertiary/aromatic N) is 2. The number of methoxy groups -OCH3 is 2. The Hall–Kier alpha value is -5.52. The topological polar surface area (TPSA) is 155 Å². The lowest BCUT2D eigenvalue weighted by Gasteiger charge is -2.28. The third-order valence-electron chi connectivity index (χ3n) is 8.46. The van der Waals surface area contributed by atoms with Gasteiger partial charge in [-0.05, 0) is 60.0 Å². The van der Waals surface area contributed by atoms with Gasteiger partial charge in [-0.25, -0.2) is 0 Å². The van der Waals surface area contributed by atoms with Crippen LogP contribution >= 0.6 is 0 Å². The Kier molecular flexibility index (Phi) is 9.28. The van der Waals surface area contributed by atoms with Crippen LogP contribution in [0.3, 0.4) is 0 Å². The zero-order chi connectivity index (χ0) is 32.9. The van der Waals surface area contributed by atoms with Crippen LogP contribution in [0.4, 0.5) is 0 Å². The number of fused-ring (bicyclic) bond motifs is 4. The molecule has 0 spiro atoms. The Morgan fingerprint density at radius 2 is 1.81 bits per heavy atom. The minimum Gasteiger partial charge on any atom is -0.507 e. The van der Waals surface area contributed by atoms with E-state index >= 15 is 0 Å². The first kappa shape index (κ1) is 31.5. The van der Waals surface area contributed by atoms with Gasteiger partial charge in [-0.15, -0.1) is 0 Å². The summed E-state index contributed by atoms with van der Waals surface area (Å²) >= 11 is 0. The number of phenols is 1. The zero-order valence-electron chi connectivity index (χ0n) is 26.3. The number of H-pyrrole nitrogens is 1. The molecular formula is C35H37N5O7. The number of nitrogens with one attached hydrogen (secondary N) is 3. The number of carbonyl (C=O) groups is 3. The molecular weight excluding hydrogens is 602 g/mol. The molecule has 0 radical (unpaired) electrons. The summed E-state index contributed by atoms with van der Waals surface area (Å²) < 4.78 is 17.3. The van der Waals surface area contributed by atoms with Crippen molar-refractivity contribution in [3.63, 3.8) is 0 Å². The number of rotatable bonds is 4. The lowest BCUT2D eigenvalue weighted by Crippen LogP contribution is -2.41. The highest BCUT2D eigenvalue weighted by Crippen LogP contribution is 2.42. The molecule has 1 atom stereocenters. The molecule has 4 aromatic rings. The summed E-state index contributed by atoms with van der Waals surface area (Å²) in [5, 5.41) is 23.3. The van der Waals surface area contributed by atoms with Gasteiger partial charge in [0.2, 0.25) is 11.8 Å². The first-order valence-corrected chi connectivity index (χ1v) is 15.6. The Morgan fingerprint density at radius 3 is 2.62 bits per heavy atom. The third-order valence-corrected chi connectivity index (χ3v) is 8.46. The van der Waals surface area contributed by atoms with Gasteiger partial charge in [0.25, 0.3) is 5.91 Å². The average molecular weight is 640 g/mol. The molecule has 4 N–H and O–H groups in total. The number of benzene rings is 3. The molecule has 6 rings (SSSR count). The second kappa shape index (κ2) is 13.9. The molecule has 0 aliphatic carbocycles. The lowest BCUT2D eigenvalue weighted by atomic mass is 9.93. The van der Waals surface area contributed by atoms with Crippen molar-refractivity contribution in [1.82, 2.24) is 25.7 Å². The highest BCUT2D eigenvalue weighted by molar-refractivity contribution is 5.94. The van der Waals surface area contributed by atoms with Crippen LogP contribution in [0.5, 0.6) is 23.0 Å². The number of aryl methyl sites for hydroxylation is 1. The van der Waals surface area contributed by atoms with Crippen molar-refractivity contribution in [2.24, 2.45) is 0 Å². The standard InChI is InChI=1S/C35H37N5O7/c1-45-31-18-21-7-10-32(42)36-13-15-40(35(44)28-20-27(38-39-28)23-5-3-4-6-29(23)41)14-11-33(43)37-26-12-16-47-30-9-8-22(19-25(26)30)24(17-21)34(31)46-2/h3-6,8-9,17-20,26,41H,7,10-16H2,1-2H3,(H,36,42)(H,37,43)(H,38,39). The second-order valence-corrected chi connectivity index (χ2v) is 11.5. The summed E-state index contributed by atoms with van der Waals surface area (Å²) in [6.45, 7) is 0.932. The summed E-state index contributed by atoms with van der Waals surface area (Å²) in [6, 6.07) is 17.7. The Labute approximate surface area is 272 Å². The van der Waals surface area contributed by atoms with Crippen LogP contribution < -0.4 is 24.8 Å². The summed E-state index contributed by atoms with van der Waals surface area (Å²) in [7, 11) is 3.16. The smallest absolute Gasteiger partial charge is 0.271 e. The first-order chi connectivity index (χ1) is 22.8. The number of carbonyl (C=O) groups excluding carboxylic acids is 3. The van der Waals surface area contributed by atoms with Crippen molar-refractivity contribution in [2.45, 2.75) is 31.7 Å². The second-order valence-electron chi connectivity index (χ2n) is 11.5. The van der Waals surface area contributed by atoms with Gasteiger partial charge in [0, 0.05) is 55.6 Å². The molecule has 1 unspecified atom stereocenters. The summed E-state index contributed by atoms with van der Waals surface area (Å²) in [6.07, 6.45) is 1.30. The molecule has 3 aromatic carbocycles. The van der Waals surface area contributed by atoms with Crippen LogP contribution in [0, 0.1) is 0 Å². The fraction of sp³-hybridized carbons (Fsp3) is 0.314. The monoisotopic (exact) mass is 639 g/mol. The van der Waals surface area contributed by atoms with Crippen molar-refractivity contribution < 1.29 is 33.7 Å². The SMILES string of the molecule is COc1cc2cc(c1OC)-c1ccc3c(c1)C(CCO3)NC(=O)CCN(C(=O)c1cc(-c3ccccc3O)n[nH]1)CCNC(=O)CC2. The van der Waals surface area contributed by atoms with Crippen LogP contribution in [-0.2, 0) is 16.0 Å². The van der Waals surface area contributed by atoms with Gasteiger partial charge in [-0.3, -0.25) is 19.5 Å². The quantitative estimate of drug-likeness (QED) is 0.261. The van der Waals surface area contributed by atoms with Crippen molar-refractivity contribution in [2.75, 3.05) is 40.5 Å². The summed E-state index contributed by atoms with van der Waals surface area (Å²) in [5.74, 6) is 1.07. The number of aromatic amines is 1. The van der Waals surface area contributed by atoms with Crippen molar-refractivity contribution >= 4 is 17.7 Å². The highest BCUT2D eigenvalue weighted by atomic mass is 16.5. The Balaban J connectivity index is 1.29. The number of amides is 3. The molecule has 3 amide bonds. The molecule has 1 aromatic heterocycles. The summed E-state index contributed by atoms with van der Waals surface area (Å²) in [4.78, 5) is 41.4. The van der Waals surface area contributed by atoms with E-state index in [-0.39, 0.29) is 67.7 Å². The molecule has 0 fully saturated rings. The number of ether oxygens (including phenoxy) is 3. The first-order valence-electron chi connectivity index (χ1n) is 15.6. The van der Waals surface area contributed by atoms with Gasteiger partial charge < -0.3 is 34.9 Å². The number of hydrogen-bond acceptors (Lipinski definition) is 8. The van der Waals surface area contributed by atoms with E-state index in [1.54, 1.807) is 44.6 Å². The third kappa shape index (κ3) is 6.86. The lowest BCUT2D eigenvalue weighted by molar-refractivity contribution is -0.123. The largest absolute Gasteiger partial charge is 0.507 e. The Morgan fingerprint density at radius 1 is 0.957 bits per heavy atom. The molecule has 244 valence electrons. The zero-order valence-corrected chi connectivity index (χ0v) is 26.3. The molecule has 12 heteroatoms. The average Bonchev–Trinajstić information content (AvgIpc) is 3.58. The van der Waals surface area contributed by atoms with Gasteiger partial charge in [0.05, 0.1) is 32.6 Å². The van der Waals surface area contributed by atoms with Gasteiger partial charge in [0.1, 0.15) is 17.2 Å². The molecule has 0 saturated heterocycles. The van der Waals surface area contributed by atoms with E-state index in [4.69, 9.17) is 14.2 Å². The van der Waals surface area contributed by atoms with Crippen LogP contribution in [0.2, 0.25) is 0 Å². The van der Waals surface area contributed by atoms with Crippen LogP contribution in [-0.4, -0.2) is 78.4 Å². The predicted molar refractivity (Wildman–Crippen MR) is 174 cm³/mol. The molecule has 2 aliphatic rings. The normalized spacial score (nSPS) is 17.0. The number of para-hydroxylation sites is 1. The van der Waals surface area contributed by atoms with E-state index in [9.17, 15) is 19.5 Å². The maximum atomic E-state index is 13.7. The van der Waals surface area contributed by atoms with Crippen molar-refractivity contribution in [3.05, 3.63) is 77.5 Å². The maximum absolute atomic E-state index is 13.7. The molecule has 0 saturated carbocycles. The number of phenolic OH excluding ortho intramolecular Hbond substituents is 1. The number of aromatic hydroxyl groups is 1. The minimum atomic E-state index is -0.380. The van der Waals surface area contributed by atoms with E-state index in [0.29, 0.717) is 48.0 Å². The molecule has 3 heterocycles. The highest BCUT2D eigenvalue weighted by Gasteiger charge is 2.26. The van der Waals surface area contributed by atoms with Gasteiger partial charge in [-0.2, -0.15) is 5.10 Å². The van der Waals surface area contributed by atoms with E-state index < -0.39 is 0 Å². The van der Waals surface area contributed by atoms with Crippen LogP contribution in [0.15, 0.2) is 60.7 Å². The number of aromatic nitrogens is 2. The fourth-order valence-electron chi connectivity index (χ4n) is 6.02.